The molecule has 3 rings (SSSR count). The van der Waals surface area contributed by atoms with Crippen molar-refractivity contribution in [2.45, 2.75) is 44.9 Å². The first-order valence-corrected chi connectivity index (χ1v) is 11.6. The highest BCUT2D eigenvalue weighted by molar-refractivity contribution is 5.87. The fourth-order valence-electron chi connectivity index (χ4n) is 4.18. The highest BCUT2D eigenvalue weighted by atomic mass is 16.5. The zero-order valence-electron chi connectivity index (χ0n) is 20.0. The summed E-state index contributed by atoms with van der Waals surface area (Å²) in [5.41, 5.74) is 14.2. The van der Waals surface area contributed by atoms with Crippen molar-refractivity contribution in [2.75, 3.05) is 18.1 Å². The van der Waals surface area contributed by atoms with Crippen molar-refractivity contribution < 1.29 is 19.1 Å². The van der Waals surface area contributed by atoms with Crippen molar-refractivity contribution in [3.8, 4) is 5.75 Å². The van der Waals surface area contributed by atoms with Crippen LogP contribution in [0.25, 0.3) is 6.08 Å². The number of esters is 2. The van der Waals surface area contributed by atoms with Gasteiger partial charge in [-0.05, 0) is 73.1 Å². The molecule has 1 saturated carbocycles. The monoisotopic (exact) mass is 462 g/mol. The first-order chi connectivity index (χ1) is 16.2. The Morgan fingerprint density at radius 1 is 1.06 bits per heavy atom. The zero-order chi connectivity index (χ0) is 24.7. The van der Waals surface area contributed by atoms with Gasteiger partial charge >= 0.3 is 11.9 Å². The lowest BCUT2D eigenvalue weighted by Crippen LogP contribution is -2.27. The zero-order valence-corrected chi connectivity index (χ0v) is 20.0. The van der Waals surface area contributed by atoms with Gasteiger partial charge in [-0.25, -0.2) is 4.79 Å². The molecular formula is C28H34N2O4. The van der Waals surface area contributed by atoms with Gasteiger partial charge in [0.15, 0.2) is 0 Å². The van der Waals surface area contributed by atoms with E-state index in [1.54, 1.807) is 42.5 Å². The molecule has 4 N–H and O–H groups in total. The van der Waals surface area contributed by atoms with E-state index >= 15 is 0 Å². The SMILES string of the molecule is C=CC1CCC(C(=O)Oc2ccc(C=CC(=O)OCC(C)(C)c3ccc(N)cc3N)cc2)CC1. The molecule has 6 nitrogen and oxygen atoms in total. The summed E-state index contributed by atoms with van der Waals surface area (Å²) in [6, 6.07) is 12.4. The van der Waals surface area contributed by atoms with Crippen molar-refractivity contribution in [3.63, 3.8) is 0 Å². The maximum atomic E-state index is 12.4. The molecule has 1 fully saturated rings. The number of hydrogen-bond donors (Lipinski definition) is 2. The Labute approximate surface area is 201 Å². The molecule has 180 valence electrons. The number of anilines is 2. The Kier molecular flexibility index (Phi) is 8.16. The van der Waals surface area contributed by atoms with Crippen LogP contribution in [-0.4, -0.2) is 18.5 Å². The Morgan fingerprint density at radius 3 is 2.35 bits per heavy atom. The van der Waals surface area contributed by atoms with Crippen LogP contribution >= 0.6 is 0 Å². The maximum Gasteiger partial charge on any atom is 0.330 e. The van der Waals surface area contributed by atoms with Crippen LogP contribution in [0, 0.1) is 11.8 Å². The summed E-state index contributed by atoms with van der Waals surface area (Å²) >= 11 is 0. The van der Waals surface area contributed by atoms with Gasteiger partial charge in [0, 0.05) is 22.9 Å². The van der Waals surface area contributed by atoms with Crippen LogP contribution in [0.3, 0.4) is 0 Å². The Morgan fingerprint density at radius 2 is 1.74 bits per heavy atom. The molecule has 0 aromatic heterocycles. The summed E-state index contributed by atoms with van der Waals surface area (Å²) in [5, 5.41) is 0. The first-order valence-electron chi connectivity index (χ1n) is 11.6. The number of allylic oxidation sites excluding steroid dienone is 1. The molecule has 2 aromatic carbocycles. The normalized spacial score (nSPS) is 18.4. The van der Waals surface area contributed by atoms with Gasteiger partial charge in [-0.1, -0.05) is 38.1 Å². The quantitative estimate of drug-likeness (QED) is 0.182. The lowest BCUT2D eigenvalue weighted by Gasteiger charge is -2.26. The van der Waals surface area contributed by atoms with Gasteiger partial charge in [0.05, 0.1) is 5.92 Å². The number of nitrogen functional groups attached to an aromatic ring is 2. The molecule has 0 spiro atoms. The van der Waals surface area contributed by atoms with E-state index in [2.05, 4.69) is 6.58 Å². The van der Waals surface area contributed by atoms with E-state index in [-0.39, 0.29) is 18.5 Å². The van der Waals surface area contributed by atoms with Crippen LogP contribution in [-0.2, 0) is 19.7 Å². The van der Waals surface area contributed by atoms with E-state index < -0.39 is 11.4 Å². The van der Waals surface area contributed by atoms with E-state index in [9.17, 15) is 9.59 Å². The summed E-state index contributed by atoms with van der Waals surface area (Å²) in [5.74, 6) is 0.312. The summed E-state index contributed by atoms with van der Waals surface area (Å²) in [7, 11) is 0. The second kappa shape index (κ2) is 11.1. The molecule has 0 bridgehead atoms. The minimum atomic E-state index is -0.461. The molecule has 0 aliphatic heterocycles. The molecule has 0 saturated heterocycles. The van der Waals surface area contributed by atoms with Crippen LogP contribution in [0.1, 0.15) is 50.7 Å². The first kappa shape index (κ1) is 25.1. The minimum Gasteiger partial charge on any atom is -0.462 e. The lowest BCUT2D eigenvalue weighted by molar-refractivity contribution is -0.140. The molecule has 6 heteroatoms. The second-order valence-corrected chi connectivity index (χ2v) is 9.51. The Bertz CT molecular complexity index is 1050. The summed E-state index contributed by atoms with van der Waals surface area (Å²) in [4.78, 5) is 24.6. The van der Waals surface area contributed by atoms with E-state index in [4.69, 9.17) is 20.9 Å². The van der Waals surface area contributed by atoms with E-state index in [1.165, 1.54) is 6.08 Å². The van der Waals surface area contributed by atoms with Crippen LogP contribution in [0.15, 0.2) is 61.2 Å². The number of carbonyl (C=O) groups excluding carboxylic acids is 2. The average Bonchev–Trinajstić information content (AvgIpc) is 2.82. The third-order valence-corrected chi connectivity index (χ3v) is 6.33. The highest BCUT2D eigenvalue weighted by Gasteiger charge is 2.27. The molecule has 1 aliphatic carbocycles. The largest absolute Gasteiger partial charge is 0.462 e. The van der Waals surface area contributed by atoms with Crippen LogP contribution < -0.4 is 16.2 Å². The van der Waals surface area contributed by atoms with Gasteiger partial charge in [-0.2, -0.15) is 0 Å². The molecule has 34 heavy (non-hydrogen) atoms. The number of nitrogens with two attached hydrogens (primary N) is 2. The molecular weight excluding hydrogens is 428 g/mol. The van der Waals surface area contributed by atoms with E-state index in [1.807, 2.05) is 26.0 Å². The van der Waals surface area contributed by atoms with Crippen molar-refractivity contribution in [3.05, 3.63) is 72.3 Å². The molecule has 0 heterocycles. The number of hydrogen-bond acceptors (Lipinski definition) is 6. The Balaban J connectivity index is 1.49. The van der Waals surface area contributed by atoms with Gasteiger partial charge in [-0.15, -0.1) is 6.58 Å². The van der Waals surface area contributed by atoms with Crippen molar-refractivity contribution in [1.29, 1.82) is 0 Å². The van der Waals surface area contributed by atoms with Gasteiger partial charge in [0.2, 0.25) is 0 Å². The fourth-order valence-corrected chi connectivity index (χ4v) is 4.18. The van der Waals surface area contributed by atoms with Crippen molar-refractivity contribution in [2.24, 2.45) is 11.8 Å². The average molecular weight is 463 g/mol. The summed E-state index contributed by atoms with van der Waals surface area (Å²) in [6.07, 6.45) is 8.64. The van der Waals surface area contributed by atoms with Crippen molar-refractivity contribution >= 4 is 29.4 Å². The topological polar surface area (TPSA) is 105 Å². The Hall–Kier alpha value is -3.54. The number of benzene rings is 2. The lowest BCUT2D eigenvalue weighted by atomic mass is 9.82. The van der Waals surface area contributed by atoms with Crippen LogP contribution in [0.5, 0.6) is 5.75 Å². The number of rotatable bonds is 8. The van der Waals surface area contributed by atoms with Gasteiger partial charge in [0.25, 0.3) is 0 Å². The third kappa shape index (κ3) is 6.73. The van der Waals surface area contributed by atoms with E-state index in [0.29, 0.717) is 23.0 Å². The minimum absolute atomic E-state index is 0.0570. The second-order valence-electron chi connectivity index (χ2n) is 9.51. The van der Waals surface area contributed by atoms with Gasteiger partial charge < -0.3 is 20.9 Å². The summed E-state index contributed by atoms with van der Waals surface area (Å²) in [6.45, 7) is 7.92. The standard InChI is InChI=1S/C28H34N2O4/c1-4-19-5-10-21(11-6-19)27(32)34-23-13-7-20(8-14-23)9-16-26(31)33-18-28(2,3)24-15-12-22(29)17-25(24)30/h4,7-9,12-17,19,21H,1,5-6,10-11,18,29-30H2,2-3H3. The molecule has 0 radical (unpaired) electrons. The molecule has 0 amide bonds. The smallest absolute Gasteiger partial charge is 0.330 e. The van der Waals surface area contributed by atoms with Crippen molar-refractivity contribution in [1.82, 2.24) is 0 Å². The van der Waals surface area contributed by atoms with Gasteiger partial charge in [-0.3, -0.25) is 4.79 Å². The molecule has 0 unspecified atom stereocenters. The number of ether oxygens (including phenoxy) is 2. The van der Waals surface area contributed by atoms with Crippen LogP contribution in [0.4, 0.5) is 11.4 Å². The predicted octanol–water partition coefficient (Wildman–Crippen LogP) is 5.28. The highest BCUT2D eigenvalue weighted by Crippen LogP contribution is 2.31. The van der Waals surface area contributed by atoms with E-state index in [0.717, 1.165) is 36.8 Å². The predicted molar refractivity (Wildman–Crippen MR) is 136 cm³/mol. The van der Waals surface area contributed by atoms with Crippen LogP contribution in [0.2, 0.25) is 0 Å². The summed E-state index contributed by atoms with van der Waals surface area (Å²) < 4.78 is 11.0. The molecule has 2 aromatic rings. The number of carbonyl (C=O) groups is 2. The third-order valence-electron chi connectivity index (χ3n) is 6.33. The van der Waals surface area contributed by atoms with Gasteiger partial charge in [0.1, 0.15) is 12.4 Å². The fraction of sp³-hybridized carbons (Fsp3) is 0.357. The molecule has 0 atom stereocenters. The molecule has 1 aliphatic rings. The maximum absolute atomic E-state index is 12.4.